The Morgan fingerprint density at radius 3 is 2.41 bits per heavy atom. The van der Waals surface area contributed by atoms with Gasteiger partial charge in [0, 0.05) is 61.1 Å². The molecule has 168 valence electrons. The molecule has 7 nitrogen and oxygen atoms in total. The van der Waals surface area contributed by atoms with E-state index in [9.17, 15) is 0 Å². The third-order valence-electron chi connectivity index (χ3n) is 5.43. The fraction of sp³-hybridized carbons (Fsp3) is 0.360. The number of aromatic nitrogens is 2. The largest absolute Gasteiger partial charge is 0.491 e. The predicted octanol–water partition coefficient (Wildman–Crippen LogP) is 4.81. The maximum Gasteiger partial charge on any atom is 0.229 e. The number of nitrogens with zero attached hydrogens (tertiary/aromatic N) is 4. The van der Waals surface area contributed by atoms with E-state index in [2.05, 4.69) is 61.7 Å². The van der Waals surface area contributed by atoms with Crippen molar-refractivity contribution in [2.24, 2.45) is 0 Å². The van der Waals surface area contributed by atoms with Crippen molar-refractivity contribution in [3.05, 3.63) is 60.3 Å². The first-order valence-corrected chi connectivity index (χ1v) is 11.1. The zero-order valence-corrected chi connectivity index (χ0v) is 19.3. The first kappa shape index (κ1) is 21.9. The van der Waals surface area contributed by atoms with Crippen molar-refractivity contribution in [1.82, 2.24) is 14.9 Å². The Bertz CT molecular complexity index is 1030. The fourth-order valence-corrected chi connectivity index (χ4v) is 3.63. The van der Waals surface area contributed by atoms with Gasteiger partial charge in [0.2, 0.25) is 5.95 Å². The van der Waals surface area contributed by atoms with Crippen molar-refractivity contribution < 1.29 is 4.74 Å². The number of nitrogens with one attached hydrogen (secondary N) is 2. The second kappa shape index (κ2) is 9.87. The van der Waals surface area contributed by atoms with Gasteiger partial charge in [-0.15, -0.1) is 0 Å². The van der Waals surface area contributed by atoms with Gasteiger partial charge in [0.1, 0.15) is 11.6 Å². The topological polar surface area (TPSA) is 65.6 Å². The molecule has 1 aliphatic rings. The number of benzene rings is 2. The van der Waals surface area contributed by atoms with Gasteiger partial charge in [-0.2, -0.15) is 4.98 Å². The minimum absolute atomic E-state index is 0.129. The van der Waals surface area contributed by atoms with Crippen molar-refractivity contribution in [1.29, 1.82) is 0 Å². The van der Waals surface area contributed by atoms with Gasteiger partial charge in [-0.3, -0.25) is 0 Å². The van der Waals surface area contributed by atoms with Crippen molar-refractivity contribution >= 4 is 28.8 Å². The third kappa shape index (κ3) is 5.68. The van der Waals surface area contributed by atoms with Crippen LogP contribution in [0.5, 0.6) is 5.75 Å². The maximum absolute atomic E-state index is 5.79. The number of likely N-dealkylation sites (N-methyl/N-ethyl adjacent to an activating group) is 1. The molecular weight excluding hydrogens is 400 g/mol. The predicted molar refractivity (Wildman–Crippen MR) is 132 cm³/mol. The second-order valence-electron chi connectivity index (χ2n) is 8.51. The Morgan fingerprint density at radius 1 is 0.938 bits per heavy atom. The van der Waals surface area contributed by atoms with E-state index >= 15 is 0 Å². The number of hydrogen-bond acceptors (Lipinski definition) is 7. The summed E-state index contributed by atoms with van der Waals surface area (Å²) < 4.78 is 5.79. The molecule has 2 heterocycles. The Kier molecular flexibility index (Phi) is 6.75. The molecule has 1 aliphatic heterocycles. The summed E-state index contributed by atoms with van der Waals surface area (Å²) in [6.07, 6.45) is 1.95. The molecule has 3 aromatic rings. The highest BCUT2D eigenvalue weighted by Crippen LogP contribution is 2.25. The quantitative estimate of drug-likeness (QED) is 0.555. The van der Waals surface area contributed by atoms with Crippen LogP contribution in [0.3, 0.4) is 0 Å². The first-order valence-electron chi connectivity index (χ1n) is 11.1. The van der Waals surface area contributed by atoms with Gasteiger partial charge in [-0.25, -0.2) is 4.98 Å². The molecule has 1 aromatic heterocycles. The summed E-state index contributed by atoms with van der Waals surface area (Å²) in [5.74, 6) is 2.15. The average molecular weight is 433 g/mol. The minimum atomic E-state index is 0.129. The SMILES string of the molecule is Cc1cnc(Nc2ccc(N3CCN(C)CC3)cc2)nc1Nc1cccc(OC(C)C)c1. The minimum Gasteiger partial charge on any atom is -0.491 e. The molecule has 0 radical (unpaired) electrons. The Morgan fingerprint density at radius 2 is 1.69 bits per heavy atom. The fourth-order valence-electron chi connectivity index (χ4n) is 3.63. The van der Waals surface area contributed by atoms with Gasteiger partial charge in [0.25, 0.3) is 0 Å². The van der Waals surface area contributed by atoms with Crippen molar-refractivity contribution in [2.75, 3.05) is 48.8 Å². The van der Waals surface area contributed by atoms with Crippen molar-refractivity contribution in [3.63, 3.8) is 0 Å². The number of piperazine rings is 1. The number of anilines is 5. The van der Waals surface area contributed by atoms with Crippen LogP contribution in [0.2, 0.25) is 0 Å². The highest BCUT2D eigenvalue weighted by Gasteiger charge is 2.14. The Hall–Kier alpha value is -3.32. The molecule has 0 unspecified atom stereocenters. The van der Waals surface area contributed by atoms with Gasteiger partial charge in [-0.05, 0) is 64.2 Å². The summed E-state index contributed by atoms with van der Waals surface area (Å²) in [6, 6.07) is 16.4. The zero-order valence-electron chi connectivity index (χ0n) is 19.3. The maximum atomic E-state index is 5.79. The second-order valence-corrected chi connectivity index (χ2v) is 8.51. The Balaban J connectivity index is 1.44. The van der Waals surface area contributed by atoms with Crippen LogP contribution >= 0.6 is 0 Å². The molecule has 32 heavy (non-hydrogen) atoms. The monoisotopic (exact) mass is 432 g/mol. The summed E-state index contributed by atoms with van der Waals surface area (Å²) in [7, 11) is 2.17. The summed E-state index contributed by atoms with van der Waals surface area (Å²) in [4.78, 5) is 13.9. The van der Waals surface area contributed by atoms with E-state index in [0.29, 0.717) is 5.95 Å². The van der Waals surface area contributed by atoms with E-state index in [1.807, 2.05) is 51.2 Å². The summed E-state index contributed by atoms with van der Waals surface area (Å²) in [5, 5.41) is 6.70. The van der Waals surface area contributed by atoms with Crippen molar-refractivity contribution in [2.45, 2.75) is 26.9 Å². The summed E-state index contributed by atoms with van der Waals surface area (Å²) in [5.41, 5.74) is 4.10. The first-order chi connectivity index (χ1) is 15.5. The number of ether oxygens (including phenoxy) is 1. The normalized spacial score (nSPS) is 14.5. The van der Waals surface area contributed by atoms with Gasteiger partial charge < -0.3 is 25.2 Å². The smallest absolute Gasteiger partial charge is 0.229 e. The van der Waals surface area contributed by atoms with Crippen LogP contribution in [0.4, 0.5) is 28.8 Å². The van der Waals surface area contributed by atoms with Crippen LogP contribution in [0.1, 0.15) is 19.4 Å². The van der Waals surface area contributed by atoms with Crippen LogP contribution in [0.25, 0.3) is 0 Å². The molecule has 0 spiro atoms. The van der Waals surface area contributed by atoms with E-state index in [4.69, 9.17) is 4.74 Å². The molecule has 7 heteroatoms. The lowest BCUT2D eigenvalue weighted by atomic mass is 10.2. The number of rotatable bonds is 7. The summed E-state index contributed by atoms with van der Waals surface area (Å²) in [6.45, 7) is 10.3. The molecule has 1 saturated heterocycles. The van der Waals surface area contributed by atoms with E-state index in [1.54, 1.807) is 0 Å². The lowest BCUT2D eigenvalue weighted by Gasteiger charge is -2.34. The molecule has 2 aromatic carbocycles. The number of aryl methyl sites for hydroxylation is 1. The lowest BCUT2D eigenvalue weighted by Crippen LogP contribution is -2.44. The zero-order chi connectivity index (χ0) is 22.5. The third-order valence-corrected chi connectivity index (χ3v) is 5.43. The Labute approximate surface area is 190 Å². The van der Waals surface area contributed by atoms with E-state index in [0.717, 1.165) is 54.7 Å². The molecule has 1 fully saturated rings. The summed E-state index contributed by atoms with van der Waals surface area (Å²) >= 11 is 0. The van der Waals surface area contributed by atoms with Gasteiger partial charge in [-0.1, -0.05) is 6.07 Å². The van der Waals surface area contributed by atoms with E-state index in [-0.39, 0.29) is 6.10 Å². The van der Waals surface area contributed by atoms with E-state index in [1.165, 1.54) is 5.69 Å². The molecule has 0 bridgehead atoms. The number of hydrogen-bond donors (Lipinski definition) is 2. The standard InChI is InChI=1S/C25H32N6O/c1-18(2)32-23-7-5-6-21(16-23)27-24-19(3)17-26-25(29-24)28-20-8-10-22(11-9-20)31-14-12-30(4)13-15-31/h5-11,16-18H,12-15H2,1-4H3,(H2,26,27,28,29). The highest BCUT2D eigenvalue weighted by molar-refractivity contribution is 5.64. The van der Waals surface area contributed by atoms with Gasteiger partial charge in [0.05, 0.1) is 6.10 Å². The van der Waals surface area contributed by atoms with Crippen LogP contribution in [-0.4, -0.2) is 54.2 Å². The molecule has 4 rings (SSSR count). The molecule has 2 N–H and O–H groups in total. The molecule has 0 aliphatic carbocycles. The lowest BCUT2D eigenvalue weighted by molar-refractivity contribution is 0.242. The molecular formula is C25H32N6O. The van der Waals surface area contributed by atoms with Crippen LogP contribution in [0, 0.1) is 6.92 Å². The average Bonchev–Trinajstić information content (AvgIpc) is 2.77. The van der Waals surface area contributed by atoms with Gasteiger partial charge in [0.15, 0.2) is 0 Å². The van der Waals surface area contributed by atoms with Crippen LogP contribution < -0.4 is 20.3 Å². The van der Waals surface area contributed by atoms with E-state index < -0.39 is 0 Å². The molecule has 0 amide bonds. The highest BCUT2D eigenvalue weighted by atomic mass is 16.5. The van der Waals surface area contributed by atoms with Crippen LogP contribution in [-0.2, 0) is 0 Å². The van der Waals surface area contributed by atoms with Crippen LogP contribution in [0.15, 0.2) is 54.7 Å². The van der Waals surface area contributed by atoms with Gasteiger partial charge >= 0.3 is 0 Å². The molecule has 0 saturated carbocycles. The molecule has 0 atom stereocenters. The van der Waals surface area contributed by atoms with Crippen molar-refractivity contribution in [3.8, 4) is 5.75 Å².